The van der Waals surface area contributed by atoms with Gasteiger partial charge in [-0.2, -0.15) is 0 Å². The molecule has 2 saturated heterocycles. The lowest BCUT2D eigenvalue weighted by molar-refractivity contribution is 0.0790. The van der Waals surface area contributed by atoms with Crippen molar-refractivity contribution in [2.75, 3.05) is 32.8 Å². The number of piperidine rings is 1. The first-order valence-corrected chi connectivity index (χ1v) is 9.20. The summed E-state index contributed by atoms with van der Waals surface area (Å²) in [5.41, 5.74) is 3.79. The minimum atomic E-state index is 0.550. The molecule has 2 fully saturated rings. The summed E-state index contributed by atoms with van der Waals surface area (Å²) in [5.74, 6) is 0.802. The molecular formula is C19H30N2O. The molecule has 3 heterocycles. The normalized spacial score (nSPS) is 28.1. The molecule has 1 aliphatic carbocycles. The van der Waals surface area contributed by atoms with E-state index in [9.17, 15) is 0 Å². The lowest BCUT2D eigenvalue weighted by atomic mass is 9.78. The maximum absolute atomic E-state index is 5.65. The van der Waals surface area contributed by atoms with Crippen LogP contribution in [0.25, 0.3) is 0 Å². The van der Waals surface area contributed by atoms with Crippen molar-refractivity contribution < 1.29 is 4.74 Å². The Bertz CT molecular complexity index is 506. The number of ether oxygens (including phenoxy) is 1. The van der Waals surface area contributed by atoms with Gasteiger partial charge in [0.1, 0.15) is 0 Å². The Morgan fingerprint density at radius 2 is 2.14 bits per heavy atom. The highest BCUT2D eigenvalue weighted by Gasteiger charge is 2.38. The fourth-order valence-electron chi connectivity index (χ4n) is 4.88. The van der Waals surface area contributed by atoms with Gasteiger partial charge in [-0.25, -0.2) is 0 Å². The molecular weight excluding hydrogens is 272 g/mol. The van der Waals surface area contributed by atoms with E-state index in [0.29, 0.717) is 5.41 Å². The fourth-order valence-corrected chi connectivity index (χ4v) is 4.88. The second-order valence-corrected chi connectivity index (χ2v) is 7.85. The maximum atomic E-state index is 5.65. The number of fused-ring (bicyclic) bond motifs is 1. The van der Waals surface area contributed by atoms with E-state index in [4.69, 9.17) is 4.74 Å². The van der Waals surface area contributed by atoms with Crippen LogP contribution in [0.2, 0.25) is 0 Å². The van der Waals surface area contributed by atoms with Gasteiger partial charge in [0, 0.05) is 25.5 Å². The lowest BCUT2D eigenvalue weighted by Gasteiger charge is -2.39. The molecule has 0 bridgehead atoms. The van der Waals surface area contributed by atoms with E-state index in [2.05, 4.69) is 28.8 Å². The second kappa shape index (κ2) is 6.01. The predicted octanol–water partition coefficient (Wildman–Crippen LogP) is 3.34. The molecule has 3 heteroatoms. The molecule has 3 aliphatic rings. The van der Waals surface area contributed by atoms with Crippen molar-refractivity contribution in [2.45, 2.75) is 50.9 Å². The van der Waals surface area contributed by atoms with E-state index in [1.165, 1.54) is 64.6 Å². The van der Waals surface area contributed by atoms with Crippen LogP contribution in [0.3, 0.4) is 0 Å². The summed E-state index contributed by atoms with van der Waals surface area (Å²) < 4.78 is 7.99. The van der Waals surface area contributed by atoms with E-state index in [0.717, 1.165) is 19.1 Å². The molecule has 1 unspecified atom stereocenters. The van der Waals surface area contributed by atoms with Crippen LogP contribution in [0.15, 0.2) is 12.3 Å². The molecule has 3 nitrogen and oxygen atoms in total. The van der Waals surface area contributed by atoms with Crippen LogP contribution in [0.5, 0.6) is 0 Å². The van der Waals surface area contributed by atoms with Gasteiger partial charge in [-0.3, -0.25) is 0 Å². The van der Waals surface area contributed by atoms with E-state index < -0.39 is 0 Å². The van der Waals surface area contributed by atoms with Crippen molar-refractivity contribution in [1.82, 2.24) is 9.47 Å². The minimum absolute atomic E-state index is 0.550. The van der Waals surface area contributed by atoms with E-state index in [1.54, 1.807) is 11.3 Å². The average molecular weight is 302 g/mol. The molecule has 2 aliphatic heterocycles. The molecule has 0 N–H and O–H groups in total. The molecule has 1 aromatic heterocycles. The van der Waals surface area contributed by atoms with Crippen LogP contribution in [-0.2, 0) is 18.2 Å². The van der Waals surface area contributed by atoms with Crippen LogP contribution < -0.4 is 0 Å². The third kappa shape index (κ3) is 2.74. The Morgan fingerprint density at radius 1 is 1.27 bits per heavy atom. The number of aryl methyl sites for hydroxylation is 1. The van der Waals surface area contributed by atoms with Crippen molar-refractivity contribution >= 4 is 0 Å². The van der Waals surface area contributed by atoms with Gasteiger partial charge in [0.25, 0.3) is 0 Å². The molecule has 1 spiro atoms. The zero-order chi connectivity index (χ0) is 15.0. The predicted molar refractivity (Wildman–Crippen MR) is 89.3 cm³/mol. The minimum Gasteiger partial charge on any atom is -0.381 e. The zero-order valence-electron chi connectivity index (χ0n) is 14.0. The van der Waals surface area contributed by atoms with Crippen LogP contribution in [0.1, 0.15) is 55.7 Å². The van der Waals surface area contributed by atoms with Gasteiger partial charge in [0.05, 0.1) is 6.61 Å². The standard InChI is InChI=1S/C19H30N2O/c1-20-10-6-17-16(3-2-4-18(17)20)5-11-21-12-7-19(8-13-21)9-14-22-15-19/h6,10,16H,2-5,7-9,11-15H2,1H3. The summed E-state index contributed by atoms with van der Waals surface area (Å²) in [7, 11) is 2.20. The fraction of sp³-hybridized carbons (Fsp3) is 0.789. The number of hydrogen-bond donors (Lipinski definition) is 0. The van der Waals surface area contributed by atoms with Gasteiger partial charge in [0.15, 0.2) is 0 Å². The molecule has 1 atom stereocenters. The summed E-state index contributed by atoms with van der Waals surface area (Å²) in [6.45, 7) is 5.89. The Kier molecular flexibility index (Phi) is 4.04. The number of nitrogens with zero attached hydrogens (tertiary/aromatic N) is 2. The number of aromatic nitrogens is 1. The molecule has 22 heavy (non-hydrogen) atoms. The highest BCUT2D eigenvalue weighted by atomic mass is 16.5. The van der Waals surface area contributed by atoms with Crippen molar-refractivity contribution in [3.63, 3.8) is 0 Å². The summed E-state index contributed by atoms with van der Waals surface area (Å²) in [5, 5.41) is 0. The van der Waals surface area contributed by atoms with Gasteiger partial charge in [-0.15, -0.1) is 0 Å². The highest BCUT2D eigenvalue weighted by Crippen LogP contribution is 2.40. The van der Waals surface area contributed by atoms with E-state index in [-0.39, 0.29) is 0 Å². The first kappa shape index (κ1) is 14.8. The SMILES string of the molecule is Cn1ccc2c1CCCC2CCN1CCC2(CCOC2)CC1. The van der Waals surface area contributed by atoms with Gasteiger partial charge in [0.2, 0.25) is 0 Å². The first-order valence-electron chi connectivity index (χ1n) is 9.20. The van der Waals surface area contributed by atoms with Gasteiger partial charge in [-0.1, -0.05) is 0 Å². The molecule has 0 saturated carbocycles. The molecule has 4 rings (SSSR count). The first-order chi connectivity index (χ1) is 10.8. The Balaban J connectivity index is 1.31. The quantitative estimate of drug-likeness (QED) is 0.852. The Labute approximate surface area is 134 Å². The topological polar surface area (TPSA) is 17.4 Å². The molecule has 0 amide bonds. The van der Waals surface area contributed by atoms with Crippen LogP contribution in [-0.4, -0.2) is 42.3 Å². The lowest BCUT2D eigenvalue weighted by Crippen LogP contribution is -2.41. The largest absolute Gasteiger partial charge is 0.381 e. The monoisotopic (exact) mass is 302 g/mol. The zero-order valence-corrected chi connectivity index (χ0v) is 14.0. The number of likely N-dealkylation sites (tertiary alicyclic amines) is 1. The highest BCUT2D eigenvalue weighted by molar-refractivity contribution is 5.28. The van der Waals surface area contributed by atoms with Crippen molar-refractivity contribution in [1.29, 1.82) is 0 Å². The van der Waals surface area contributed by atoms with Crippen LogP contribution in [0, 0.1) is 5.41 Å². The summed E-state index contributed by atoms with van der Waals surface area (Å²) in [4.78, 5) is 2.71. The molecule has 1 aromatic rings. The third-order valence-corrected chi connectivity index (χ3v) is 6.54. The van der Waals surface area contributed by atoms with Crippen molar-refractivity contribution in [2.24, 2.45) is 12.5 Å². The van der Waals surface area contributed by atoms with E-state index >= 15 is 0 Å². The van der Waals surface area contributed by atoms with Gasteiger partial charge >= 0.3 is 0 Å². The molecule has 122 valence electrons. The van der Waals surface area contributed by atoms with E-state index in [1.807, 2.05) is 0 Å². The molecule has 0 radical (unpaired) electrons. The summed E-state index contributed by atoms with van der Waals surface area (Å²) >= 11 is 0. The van der Waals surface area contributed by atoms with Crippen molar-refractivity contribution in [3.8, 4) is 0 Å². The second-order valence-electron chi connectivity index (χ2n) is 7.85. The average Bonchev–Trinajstić information content (AvgIpc) is 3.15. The van der Waals surface area contributed by atoms with Crippen molar-refractivity contribution in [3.05, 3.63) is 23.5 Å². The number of hydrogen-bond acceptors (Lipinski definition) is 2. The third-order valence-electron chi connectivity index (χ3n) is 6.54. The smallest absolute Gasteiger partial charge is 0.0524 e. The van der Waals surface area contributed by atoms with Crippen LogP contribution >= 0.6 is 0 Å². The summed E-state index contributed by atoms with van der Waals surface area (Å²) in [6.07, 6.45) is 11.7. The van der Waals surface area contributed by atoms with Crippen LogP contribution in [0.4, 0.5) is 0 Å². The van der Waals surface area contributed by atoms with Gasteiger partial charge in [-0.05, 0) is 87.5 Å². The Hall–Kier alpha value is -0.800. The maximum Gasteiger partial charge on any atom is 0.0524 e. The van der Waals surface area contributed by atoms with Gasteiger partial charge < -0.3 is 14.2 Å². The Morgan fingerprint density at radius 3 is 2.91 bits per heavy atom. The number of rotatable bonds is 3. The molecule has 0 aromatic carbocycles. The summed E-state index contributed by atoms with van der Waals surface area (Å²) in [6, 6.07) is 2.38.